The Morgan fingerprint density at radius 2 is 2.10 bits per heavy atom. The topological polar surface area (TPSA) is 37.8 Å². The summed E-state index contributed by atoms with van der Waals surface area (Å²) >= 11 is 6.05. The maximum Gasteiger partial charge on any atom is 0.135 e. The largest absolute Gasteiger partial charge is 0.370 e. The molecule has 1 heterocycles. The van der Waals surface area contributed by atoms with Crippen LogP contribution in [0.5, 0.6) is 0 Å². The highest BCUT2D eigenvalue weighted by Gasteiger charge is 2.27. The van der Waals surface area contributed by atoms with Crippen LogP contribution >= 0.6 is 11.6 Å². The van der Waals surface area contributed by atoms with Gasteiger partial charge in [0.15, 0.2) is 0 Å². The Morgan fingerprint density at radius 1 is 1.25 bits per heavy atom. The molecule has 1 fully saturated rings. The summed E-state index contributed by atoms with van der Waals surface area (Å²) in [6.07, 6.45) is 3.34. The number of benzene rings is 1. The Hall–Kier alpha value is -1.61. The molecule has 0 spiro atoms. The molecule has 1 saturated carbocycles. The van der Waals surface area contributed by atoms with Gasteiger partial charge in [0.2, 0.25) is 0 Å². The Morgan fingerprint density at radius 3 is 2.85 bits per heavy atom. The van der Waals surface area contributed by atoms with E-state index in [1.165, 1.54) is 24.0 Å². The molecule has 1 aromatic carbocycles. The SMILES string of the molecule is Cc1cccc(CCNc2cc(Cl)nc(C3CC3)n2)c1. The van der Waals surface area contributed by atoms with Crippen molar-refractivity contribution >= 4 is 17.4 Å². The molecule has 104 valence electrons. The molecule has 0 saturated heterocycles. The summed E-state index contributed by atoms with van der Waals surface area (Å²) in [6, 6.07) is 10.4. The van der Waals surface area contributed by atoms with Crippen LogP contribution in [0.2, 0.25) is 5.15 Å². The summed E-state index contributed by atoms with van der Waals surface area (Å²) in [7, 11) is 0. The van der Waals surface area contributed by atoms with Crippen LogP contribution in [0.3, 0.4) is 0 Å². The van der Waals surface area contributed by atoms with E-state index in [9.17, 15) is 0 Å². The predicted octanol–water partition coefficient (Wildman–Crippen LogP) is 3.97. The molecular weight excluding hydrogens is 270 g/mol. The molecule has 3 nitrogen and oxygen atoms in total. The lowest BCUT2D eigenvalue weighted by Gasteiger charge is -2.08. The zero-order valence-corrected chi connectivity index (χ0v) is 12.3. The van der Waals surface area contributed by atoms with Gasteiger partial charge in [-0.3, -0.25) is 0 Å². The lowest BCUT2D eigenvalue weighted by Crippen LogP contribution is -2.08. The first-order chi connectivity index (χ1) is 9.70. The van der Waals surface area contributed by atoms with Gasteiger partial charge in [-0.25, -0.2) is 9.97 Å². The van der Waals surface area contributed by atoms with Crippen LogP contribution in [0.4, 0.5) is 5.82 Å². The van der Waals surface area contributed by atoms with E-state index in [2.05, 4.69) is 46.5 Å². The highest BCUT2D eigenvalue weighted by atomic mass is 35.5. The number of anilines is 1. The Labute approximate surface area is 124 Å². The lowest BCUT2D eigenvalue weighted by atomic mass is 10.1. The van der Waals surface area contributed by atoms with Crippen molar-refractivity contribution in [2.75, 3.05) is 11.9 Å². The Bertz CT molecular complexity index is 608. The van der Waals surface area contributed by atoms with Gasteiger partial charge in [-0.15, -0.1) is 0 Å². The van der Waals surface area contributed by atoms with Crippen molar-refractivity contribution in [2.45, 2.75) is 32.1 Å². The minimum absolute atomic E-state index is 0.519. The van der Waals surface area contributed by atoms with E-state index in [0.717, 1.165) is 24.6 Å². The molecule has 0 aliphatic heterocycles. The van der Waals surface area contributed by atoms with Crippen LogP contribution in [0.25, 0.3) is 0 Å². The second-order valence-corrected chi connectivity index (χ2v) is 5.76. The first-order valence-electron chi connectivity index (χ1n) is 7.04. The number of hydrogen-bond donors (Lipinski definition) is 1. The molecule has 1 aromatic heterocycles. The Balaban J connectivity index is 1.60. The van der Waals surface area contributed by atoms with Gasteiger partial charge in [-0.1, -0.05) is 41.4 Å². The lowest BCUT2D eigenvalue weighted by molar-refractivity contribution is 0.915. The van der Waals surface area contributed by atoms with Gasteiger partial charge in [0.05, 0.1) is 0 Å². The van der Waals surface area contributed by atoms with Crippen LogP contribution in [0, 0.1) is 6.92 Å². The summed E-state index contributed by atoms with van der Waals surface area (Å²) in [4.78, 5) is 8.83. The third-order valence-corrected chi connectivity index (χ3v) is 3.65. The summed E-state index contributed by atoms with van der Waals surface area (Å²) in [5.74, 6) is 2.24. The number of hydrogen-bond acceptors (Lipinski definition) is 3. The quantitative estimate of drug-likeness (QED) is 0.846. The first-order valence-corrected chi connectivity index (χ1v) is 7.42. The molecule has 20 heavy (non-hydrogen) atoms. The normalized spacial score (nSPS) is 14.3. The van der Waals surface area contributed by atoms with E-state index in [1.807, 2.05) is 0 Å². The molecule has 2 aromatic rings. The molecule has 0 atom stereocenters. The van der Waals surface area contributed by atoms with Crippen LogP contribution in [0.1, 0.15) is 35.7 Å². The average molecular weight is 288 g/mol. The molecule has 1 N–H and O–H groups in total. The van der Waals surface area contributed by atoms with Crippen molar-refractivity contribution in [3.05, 3.63) is 52.4 Å². The molecule has 0 radical (unpaired) electrons. The highest BCUT2D eigenvalue weighted by molar-refractivity contribution is 6.29. The minimum atomic E-state index is 0.519. The van der Waals surface area contributed by atoms with Crippen LogP contribution in [-0.2, 0) is 6.42 Å². The maximum absolute atomic E-state index is 6.05. The van der Waals surface area contributed by atoms with Crippen molar-refractivity contribution in [1.29, 1.82) is 0 Å². The van der Waals surface area contributed by atoms with Gasteiger partial charge >= 0.3 is 0 Å². The molecule has 1 aliphatic carbocycles. The van der Waals surface area contributed by atoms with Crippen LogP contribution in [-0.4, -0.2) is 16.5 Å². The zero-order valence-electron chi connectivity index (χ0n) is 11.6. The summed E-state index contributed by atoms with van der Waals surface area (Å²) in [5.41, 5.74) is 2.63. The van der Waals surface area contributed by atoms with Crippen molar-refractivity contribution in [2.24, 2.45) is 0 Å². The van der Waals surface area contributed by atoms with Crippen molar-refractivity contribution < 1.29 is 0 Å². The van der Waals surface area contributed by atoms with E-state index in [-0.39, 0.29) is 0 Å². The van der Waals surface area contributed by atoms with Crippen molar-refractivity contribution in [1.82, 2.24) is 9.97 Å². The predicted molar refractivity (Wildman–Crippen MR) is 82.4 cm³/mol. The zero-order chi connectivity index (χ0) is 13.9. The third-order valence-electron chi connectivity index (χ3n) is 3.46. The second-order valence-electron chi connectivity index (χ2n) is 5.37. The smallest absolute Gasteiger partial charge is 0.135 e. The number of rotatable bonds is 5. The first kappa shape index (κ1) is 13.4. The van der Waals surface area contributed by atoms with Gasteiger partial charge in [0.25, 0.3) is 0 Å². The summed E-state index contributed by atoms with van der Waals surface area (Å²) < 4.78 is 0. The summed E-state index contributed by atoms with van der Waals surface area (Å²) in [5, 5.41) is 3.87. The van der Waals surface area contributed by atoms with Crippen molar-refractivity contribution in [3.8, 4) is 0 Å². The molecule has 4 heteroatoms. The minimum Gasteiger partial charge on any atom is -0.370 e. The molecule has 3 rings (SSSR count). The fourth-order valence-electron chi connectivity index (χ4n) is 2.25. The highest BCUT2D eigenvalue weighted by Crippen LogP contribution is 2.38. The van der Waals surface area contributed by atoms with Gasteiger partial charge in [0.1, 0.15) is 16.8 Å². The van der Waals surface area contributed by atoms with Crippen molar-refractivity contribution in [3.63, 3.8) is 0 Å². The van der Waals surface area contributed by atoms with Crippen LogP contribution in [0.15, 0.2) is 30.3 Å². The third kappa shape index (κ3) is 3.48. The number of nitrogens with one attached hydrogen (secondary N) is 1. The van der Waals surface area contributed by atoms with Crippen LogP contribution < -0.4 is 5.32 Å². The fourth-order valence-corrected chi connectivity index (χ4v) is 2.44. The monoisotopic (exact) mass is 287 g/mol. The molecule has 1 aliphatic rings. The second kappa shape index (κ2) is 5.80. The Kier molecular flexibility index (Phi) is 3.88. The molecule has 0 unspecified atom stereocenters. The van der Waals surface area contributed by atoms with Gasteiger partial charge in [0, 0.05) is 18.5 Å². The molecule has 0 bridgehead atoms. The average Bonchev–Trinajstić information content (AvgIpc) is 3.22. The molecular formula is C16H18ClN3. The summed E-state index contributed by atoms with van der Waals surface area (Å²) in [6.45, 7) is 2.96. The number of nitrogens with zero attached hydrogens (tertiary/aromatic N) is 2. The van der Waals surface area contributed by atoms with Gasteiger partial charge < -0.3 is 5.32 Å². The molecule has 0 amide bonds. The number of aryl methyl sites for hydroxylation is 1. The van der Waals surface area contributed by atoms with Gasteiger partial charge in [-0.05, 0) is 31.7 Å². The van der Waals surface area contributed by atoms with E-state index < -0.39 is 0 Å². The fraction of sp³-hybridized carbons (Fsp3) is 0.375. The van der Waals surface area contributed by atoms with E-state index in [0.29, 0.717) is 11.1 Å². The number of halogens is 1. The number of aromatic nitrogens is 2. The van der Waals surface area contributed by atoms with E-state index in [4.69, 9.17) is 11.6 Å². The van der Waals surface area contributed by atoms with E-state index in [1.54, 1.807) is 6.07 Å². The maximum atomic E-state index is 6.05. The standard InChI is InChI=1S/C16H18ClN3/c1-11-3-2-4-12(9-11)7-8-18-15-10-14(17)19-16(20-15)13-5-6-13/h2-4,9-10,13H,5-8H2,1H3,(H,18,19,20). The van der Waals surface area contributed by atoms with E-state index >= 15 is 0 Å². The van der Waals surface area contributed by atoms with Gasteiger partial charge in [-0.2, -0.15) is 0 Å².